The molecule has 0 aromatic heterocycles. The van der Waals surface area contributed by atoms with E-state index in [9.17, 15) is 49.2 Å². The summed E-state index contributed by atoms with van der Waals surface area (Å²) in [6, 6.07) is 11.9. The van der Waals surface area contributed by atoms with Crippen molar-refractivity contribution < 1.29 is 53.9 Å². The van der Waals surface area contributed by atoms with E-state index in [1.54, 1.807) is 42.5 Å². The molecule has 0 radical (unpaired) electrons. The fraction of sp³-hybridized carbons (Fsp3) is 0.438. The van der Waals surface area contributed by atoms with Gasteiger partial charge in [-0.1, -0.05) is 48.0 Å². The van der Waals surface area contributed by atoms with Gasteiger partial charge in [-0.2, -0.15) is 0 Å². The summed E-state index contributed by atoms with van der Waals surface area (Å²) < 4.78 is 5.27. The topological polar surface area (TPSA) is 193 Å². The number of hydrogen-bond acceptors (Lipinski definition) is 7. The van der Waals surface area contributed by atoms with Crippen LogP contribution in [0.15, 0.2) is 42.5 Å². The van der Waals surface area contributed by atoms with Crippen LogP contribution in [-0.2, 0) is 35.1 Å². The molecule has 0 spiro atoms. The lowest BCUT2D eigenvalue weighted by Crippen LogP contribution is -2.49. The van der Waals surface area contributed by atoms with Crippen LogP contribution in [0.1, 0.15) is 72.5 Å². The molecule has 12 heteroatoms. The highest BCUT2D eigenvalue weighted by molar-refractivity contribution is 6.31. The molecular weight excluding hydrogens is 596 g/mol. The van der Waals surface area contributed by atoms with Crippen molar-refractivity contribution in [2.75, 3.05) is 6.61 Å². The molecule has 1 aliphatic carbocycles. The summed E-state index contributed by atoms with van der Waals surface area (Å²) in [6.07, 6.45) is -1.86. The molecule has 0 aliphatic heterocycles. The van der Waals surface area contributed by atoms with Crippen molar-refractivity contribution in [1.82, 2.24) is 0 Å². The SMILES string of the molecule is CC(=O)OC[C@H]1[C@H](CC(=O)O)[C@H](CC(=O)O)[C@H](CC(=O)O)[C@@H](c2ccc(Cl)c(Cc3ccc(C(C)=O)cc3)c2)[C@H]1CC(=O)O. The summed E-state index contributed by atoms with van der Waals surface area (Å²) in [4.78, 5) is 71.9. The first-order chi connectivity index (χ1) is 20.7. The molecule has 2 aromatic rings. The van der Waals surface area contributed by atoms with E-state index in [-0.39, 0.29) is 12.4 Å². The zero-order valence-corrected chi connectivity index (χ0v) is 25.0. The van der Waals surface area contributed by atoms with Gasteiger partial charge in [0.1, 0.15) is 0 Å². The van der Waals surface area contributed by atoms with Crippen molar-refractivity contribution >= 4 is 47.2 Å². The Morgan fingerprint density at radius 1 is 0.682 bits per heavy atom. The molecule has 0 unspecified atom stereocenters. The van der Waals surface area contributed by atoms with Gasteiger partial charge in [-0.15, -0.1) is 0 Å². The highest BCUT2D eigenvalue weighted by atomic mass is 35.5. The van der Waals surface area contributed by atoms with Crippen molar-refractivity contribution in [1.29, 1.82) is 0 Å². The maximum atomic E-state index is 12.2. The summed E-state index contributed by atoms with van der Waals surface area (Å²) in [6.45, 7) is 2.24. The maximum absolute atomic E-state index is 12.2. The molecular formula is C32H35ClO11. The Morgan fingerprint density at radius 2 is 1.16 bits per heavy atom. The van der Waals surface area contributed by atoms with E-state index >= 15 is 0 Å². The van der Waals surface area contributed by atoms with E-state index in [4.69, 9.17) is 16.3 Å². The van der Waals surface area contributed by atoms with E-state index in [1.807, 2.05) is 0 Å². The lowest BCUT2D eigenvalue weighted by molar-refractivity contribution is -0.155. The van der Waals surface area contributed by atoms with Crippen molar-refractivity contribution in [2.45, 2.75) is 51.9 Å². The normalized spacial score (nSPS) is 23.0. The lowest BCUT2D eigenvalue weighted by Gasteiger charge is -2.51. The number of Topliss-reactive ketones (excluding diaryl/α,β-unsaturated/α-hetero) is 1. The number of halogens is 1. The van der Waals surface area contributed by atoms with Crippen molar-refractivity contribution in [2.24, 2.45) is 29.6 Å². The van der Waals surface area contributed by atoms with Crippen LogP contribution < -0.4 is 0 Å². The summed E-state index contributed by atoms with van der Waals surface area (Å²) in [5.41, 5.74) is 2.49. The van der Waals surface area contributed by atoms with Gasteiger partial charge in [-0.25, -0.2) is 0 Å². The first kappa shape index (κ1) is 34.2. The van der Waals surface area contributed by atoms with Gasteiger partial charge in [-0.3, -0.25) is 28.8 Å². The van der Waals surface area contributed by atoms with E-state index in [0.29, 0.717) is 28.1 Å². The number of benzene rings is 2. The van der Waals surface area contributed by atoms with E-state index in [1.165, 1.54) is 6.92 Å². The zero-order chi connectivity index (χ0) is 32.7. The van der Waals surface area contributed by atoms with Crippen LogP contribution in [0.25, 0.3) is 0 Å². The summed E-state index contributed by atoms with van der Waals surface area (Å²) in [5.74, 6) is -11.4. The number of aliphatic carboxylic acids is 4. The standard InChI is InChI=1S/C32H35ClO11/c1-16(34)19-5-3-18(4-6-19)9-21-10-20(7-8-27(21)33)32-24(13-30(40)41)22(11-28(36)37)23(12-29(38)39)26(15-44-17(2)35)25(32)14-31(42)43/h3-8,10,22-26,32H,9,11-15H2,1-2H3,(H,36,37)(H,38,39)(H,40,41)(H,42,43)/t22-,23+,24-,25-,26-,32+/m0/s1. The number of esters is 1. The average Bonchev–Trinajstić information content (AvgIpc) is 2.91. The van der Waals surface area contributed by atoms with Crippen molar-refractivity contribution in [3.8, 4) is 0 Å². The van der Waals surface area contributed by atoms with Crippen molar-refractivity contribution in [3.63, 3.8) is 0 Å². The Labute approximate surface area is 258 Å². The third-order valence-electron chi connectivity index (χ3n) is 8.45. The van der Waals surface area contributed by atoms with E-state index in [0.717, 1.165) is 12.5 Å². The summed E-state index contributed by atoms with van der Waals surface area (Å²) in [5, 5.41) is 39.8. The van der Waals surface area contributed by atoms with Gasteiger partial charge in [-0.05, 0) is 65.7 Å². The third kappa shape index (κ3) is 8.89. The summed E-state index contributed by atoms with van der Waals surface area (Å²) in [7, 11) is 0. The lowest BCUT2D eigenvalue weighted by atomic mass is 9.52. The molecule has 2 aromatic carbocycles. The van der Waals surface area contributed by atoms with Gasteiger partial charge in [0, 0.05) is 49.1 Å². The number of rotatable bonds is 14. The molecule has 1 fully saturated rings. The van der Waals surface area contributed by atoms with Crippen LogP contribution in [0.2, 0.25) is 5.02 Å². The quantitative estimate of drug-likeness (QED) is 0.166. The molecule has 1 saturated carbocycles. The number of carboxylic acids is 4. The Kier molecular flexibility index (Phi) is 11.6. The number of ether oxygens (including phenoxy) is 1. The molecule has 236 valence electrons. The second-order valence-corrected chi connectivity index (χ2v) is 11.7. The number of carboxylic acid groups (broad SMARTS) is 4. The van der Waals surface area contributed by atoms with Gasteiger partial charge in [0.05, 0.1) is 6.61 Å². The summed E-state index contributed by atoms with van der Waals surface area (Å²) >= 11 is 6.56. The molecule has 0 saturated heterocycles. The van der Waals surface area contributed by atoms with Crippen molar-refractivity contribution in [3.05, 3.63) is 69.7 Å². The predicted molar refractivity (Wildman–Crippen MR) is 157 cm³/mol. The molecule has 44 heavy (non-hydrogen) atoms. The molecule has 0 heterocycles. The number of carbonyl (C=O) groups is 6. The molecule has 3 rings (SSSR count). The van der Waals surface area contributed by atoms with E-state index < -0.39 is 91.0 Å². The Bertz CT molecular complexity index is 1420. The molecule has 11 nitrogen and oxygen atoms in total. The average molecular weight is 631 g/mol. The van der Waals surface area contributed by atoms with Crippen LogP contribution in [0.3, 0.4) is 0 Å². The Balaban J connectivity index is 2.22. The fourth-order valence-corrected chi connectivity index (χ4v) is 6.93. The van der Waals surface area contributed by atoms with Gasteiger partial charge in [0.25, 0.3) is 0 Å². The first-order valence-corrected chi connectivity index (χ1v) is 14.4. The Hall–Kier alpha value is -4.25. The Morgan fingerprint density at radius 3 is 1.64 bits per heavy atom. The number of ketones is 1. The van der Waals surface area contributed by atoms with Crippen LogP contribution in [0, 0.1) is 29.6 Å². The van der Waals surface area contributed by atoms with Crippen LogP contribution in [0.4, 0.5) is 0 Å². The highest BCUT2D eigenvalue weighted by Gasteiger charge is 2.53. The van der Waals surface area contributed by atoms with Crippen LogP contribution >= 0.6 is 11.6 Å². The monoisotopic (exact) mass is 630 g/mol. The smallest absolute Gasteiger partial charge is 0.303 e. The molecule has 0 bridgehead atoms. The zero-order valence-electron chi connectivity index (χ0n) is 24.3. The van der Waals surface area contributed by atoms with Crippen LogP contribution in [0.5, 0.6) is 0 Å². The maximum Gasteiger partial charge on any atom is 0.303 e. The second kappa shape index (κ2) is 15.0. The predicted octanol–water partition coefficient (Wildman–Crippen LogP) is 4.77. The minimum Gasteiger partial charge on any atom is -0.481 e. The van der Waals surface area contributed by atoms with Gasteiger partial charge in [0.15, 0.2) is 5.78 Å². The third-order valence-corrected chi connectivity index (χ3v) is 8.82. The van der Waals surface area contributed by atoms with Crippen LogP contribution in [-0.4, -0.2) is 62.7 Å². The minimum atomic E-state index is -1.27. The second-order valence-electron chi connectivity index (χ2n) is 11.3. The van der Waals surface area contributed by atoms with Gasteiger partial charge < -0.3 is 25.2 Å². The first-order valence-electron chi connectivity index (χ1n) is 14.1. The number of hydrogen-bond donors (Lipinski definition) is 4. The molecule has 0 amide bonds. The van der Waals surface area contributed by atoms with E-state index in [2.05, 4.69) is 0 Å². The van der Waals surface area contributed by atoms with Gasteiger partial charge >= 0.3 is 29.8 Å². The molecule has 6 atom stereocenters. The highest BCUT2D eigenvalue weighted by Crippen LogP contribution is 2.55. The van der Waals surface area contributed by atoms with Gasteiger partial charge in [0.2, 0.25) is 0 Å². The number of carbonyl (C=O) groups excluding carboxylic acids is 2. The largest absolute Gasteiger partial charge is 0.481 e. The minimum absolute atomic E-state index is 0.0942. The molecule has 4 N–H and O–H groups in total. The molecule has 1 aliphatic rings. The fourth-order valence-electron chi connectivity index (χ4n) is 6.74.